The molecule has 2 aromatic carbocycles. The molecule has 1 aliphatic carbocycles. The lowest BCUT2D eigenvalue weighted by Crippen LogP contribution is -2.35. The molecule has 30 heavy (non-hydrogen) atoms. The number of nitrogens with zero attached hydrogens (tertiary/aromatic N) is 1. The van der Waals surface area contributed by atoms with Crippen molar-refractivity contribution in [3.8, 4) is 11.5 Å². The highest BCUT2D eigenvalue weighted by atomic mass is 16.5. The van der Waals surface area contributed by atoms with Crippen molar-refractivity contribution in [1.29, 1.82) is 0 Å². The van der Waals surface area contributed by atoms with Crippen LogP contribution in [0.2, 0.25) is 0 Å². The van der Waals surface area contributed by atoms with Crippen LogP contribution >= 0.6 is 0 Å². The van der Waals surface area contributed by atoms with Gasteiger partial charge in [0.2, 0.25) is 5.91 Å². The summed E-state index contributed by atoms with van der Waals surface area (Å²) in [5.41, 5.74) is 7.89. The fourth-order valence-electron chi connectivity index (χ4n) is 4.12. The summed E-state index contributed by atoms with van der Waals surface area (Å²) in [5.74, 6) is 2.28. The second-order valence-corrected chi connectivity index (χ2v) is 8.05. The third kappa shape index (κ3) is 6.49. The molecule has 0 aliphatic heterocycles. The van der Waals surface area contributed by atoms with E-state index in [1.54, 1.807) is 7.11 Å². The second-order valence-electron chi connectivity index (χ2n) is 8.05. The number of carbonyl (C=O) groups excluding carboxylic acids is 1. The van der Waals surface area contributed by atoms with Gasteiger partial charge in [-0.2, -0.15) is 0 Å². The molecule has 0 spiro atoms. The van der Waals surface area contributed by atoms with Crippen LogP contribution in [-0.4, -0.2) is 31.0 Å². The van der Waals surface area contributed by atoms with Gasteiger partial charge in [0.1, 0.15) is 6.61 Å². The van der Waals surface area contributed by atoms with E-state index in [1.807, 2.05) is 53.4 Å². The van der Waals surface area contributed by atoms with Gasteiger partial charge in [-0.15, -0.1) is 0 Å². The van der Waals surface area contributed by atoms with E-state index in [9.17, 15) is 4.79 Å². The van der Waals surface area contributed by atoms with Crippen LogP contribution in [0.1, 0.15) is 49.7 Å². The average molecular weight is 411 g/mol. The van der Waals surface area contributed by atoms with Gasteiger partial charge in [-0.3, -0.25) is 4.79 Å². The highest BCUT2D eigenvalue weighted by Gasteiger charge is 2.19. The molecule has 1 aliphatic rings. The number of nitrogens with two attached hydrogens (primary N) is 1. The number of methoxy groups -OCH3 is 1. The predicted octanol–water partition coefficient (Wildman–Crippen LogP) is 4.53. The Bertz CT molecular complexity index is 788. The van der Waals surface area contributed by atoms with Gasteiger partial charge in [0.25, 0.3) is 0 Å². The van der Waals surface area contributed by atoms with Crippen molar-refractivity contribution in [2.24, 2.45) is 11.7 Å². The minimum absolute atomic E-state index is 0.190. The number of hydrogen-bond acceptors (Lipinski definition) is 4. The first-order chi connectivity index (χ1) is 14.7. The SMILES string of the molecule is COc1cc(CN(CCN)C(=O)CCC2CCCC2)ccc1OCc1ccccc1. The van der Waals surface area contributed by atoms with E-state index in [4.69, 9.17) is 15.2 Å². The number of benzene rings is 2. The fraction of sp³-hybridized carbons (Fsp3) is 0.480. The molecule has 2 N–H and O–H groups in total. The lowest BCUT2D eigenvalue weighted by atomic mass is 10.0. The highest BCUT2D eigenvalue weighted by molar-refractivity contribution is 5.76. The Morgan fingerprint density at radius 1 is 1.07 bits per heavy atom. The Morgan fingerprint density at radius 2 is 1.83 bits per heavy atom. The quantitative estimate of drug-likeness (QED) is 0.591. The van der Waals surface area contributed by atoms with Gasteiger partial charge >= 0.3 is 0 Å². The molecule has 0 saturated heterocycles. The number of amides is 1. The zero-order valence-electron chi connectivity index (χ0n) is 18.0. The van der Waals surface area contributed by atoms with Gasteiger partial charge in [0.05, 0.1) is 7.11 Å². The van der Waals surface area contributed by atoms with Crippen LogP contribution in [0.15, 0.2) is 48.5 Å². The highest BCUT2D eigenvalue weighted by Crippen LogP contribution is 2.30. The lowest BCUT2D eigenvalue weighted by Gasteiger charge is -2.23. The molecule has 0 bridgehead atoms. The molecule has 0 atom stereocenters. The maximum absolute atomic E-state index is 12.8. The minimum Gasteiger partial charge on any atom is -0.493 e. The molecule has 0 heterocycles. The minimum atomic E-state index is 0.190. The van der Waals surface area contributed by atoms with E-state index in [-0.39, 0.29) is 5.91 Å². The molecule has 0 aromatic heterocycles. The Kier molecular flexibility index (Phi) is 8.57. The predicted molar refractivity (Wildman–Crippen MR) is 119 cm³/mol. The summed E-state index contributed by atoms with van der Waals surface area (Å²) >= 11 is 0. The number of carbonyl (C=O) groups is 1. The molecule has 5 heteroatoms. The van der Waals surface area contributed by atoms with Gasteiger partial charge in [-0.1, -0.05) is 62.1 Å². The smallest absolute Gasteiger partial charge is 0.222 e. The third-order valence-corrected chi connectivity index (χ3v) is 5.83. The first-order valence-corrected chi connectivity index (χ1v) is 11.0. The summed E-state index contributed by atoms with van der Waals surface area (Å²) < 4.78 is 11.5. The van der Waals surface area contributed by atoms with Gasteiger partial charge in [0, 0.05) is 26.1 Å². The summed E-state index contributed by atoms with van der Waals surface area (Å²) in [5, 5.41) is 0. The fourth-order valence-corrected chi connectivity index (χ4v) is 4.12. The largest absolute Gasteiger partial charge is 0.493 e. The zero-order valence-corrected chi connectivity index (χ0v) is 18.0. The maximum atomic E-state index is 12.8. The van der Waals surface area contributed by atoms with Crippen molar-refractivity contribution in [3.05, 3.63) is 59.7 Å². The van der Waals surface area contributed by atoms with E-state index >= 15 is 0 Å². The van der Waals surface area contributed by atoms with Gasteiger partial charge in [-0.25, -0.2) is 0 Å². The van der Waals surface area contributed by atoms with Crippen LogP contribution in [0, 0.1) is 5.92 Å². The van der Waals surface area contributed by atoms with Crippen LogP contribution < -0.4 is 15.2 Å². The van der Waals surface area contributed by atoms with Crippen molar-refractivity contribution in [1.82, 2.24) is 4.90 Å². The summed E-state index contributed by atoms with van der Waals surface area (Å²) in [6.07, 6.45) is 6.76. The van der Waals surface area contributed by atoms with Crippen molar-refractivity contribution >= 4 is 5.91 Å². The Labute approximate surface area is 180 Å². The summed E-state index contributed by atoms with van der Waals surface area (Å²) in [7, 11) is 1.64. The molecule has 1 amide bonds. The van der Waals surface area contributed by atoms with Gasteiger partial charge in [0.15, 0.2) is 11.5 Å². The van der Waals surface area contributed by atoms with E-state index in [1.165, 1.54) is 25.7 Å². The normalized spacial score (nSPS) is 13.9. The molecular weight excluding hydrogens is 376 g/mol. The molecule has 3 rings (SSSR count). The van der Waals surface area contributed by atoms with Crippen molar-refractivity contribution in [3.63, 3.8) is 0 Å². The Balaban J connectivity index is 1.60. The summed E-state index contributed by atoms with van der Waals surface area (Å²) in [6, 6.07) is 15.9. The second kappa shape index (κ2) is 11.6. The number of ether oxygens (including phenoxy) is 2. The Hall–Kier alpha value is -2.53. The first kappa shape index (κ1) is 22.2. The lowest BCUT2D eigenvalue weighted by molar-refractivity contribution is -0.132. The topological polar surface area (TPSA) is 64.8 Å². The summed E-state index contributed by atoms with van der Waals surface area (Å²) in [4.78, 5) is 14.7. The van der Waals surface area contributed by atoms with Crippen LogP contribution in [-0.2, 0) is 17.9 Å². The molecule has 1 fully saturated rings. The molecule has 5 nitrogen and oxygen atoms in total. The maximum Gasteiger partial charge on any atom is 0.222 e. The monoisotopic (exact) mass is 410 g/mol. The standard InChI is InChI=1S/C25H34N2O3/c1-29-24-17-22(11-13-23(24)30-19-21-9-3-2-4-10-21)18-27(16-15-26)25(28)14-12-20-7-5-6-8-20/h2-4,9-11,13,17,20H,5-8,12,14-16,18-19,26H2,1H3. The van der Waals surface area contributed by atoms with Crippen LogP contribution in [0.5, 0.6) is 11.5 Å². The van der Waals surface area contributed by atoms with E-state index in [2.05, 4.69) is 0 Å². The van der Waals surface area contributed by atoms with Crippen molar-refractivity contribution < 1.29 is 14.3 Å². The molecule has 1 saturated carbocycles. The zero-order chi connectivity index (χ0) is 21.2. The van der Waals surface area contributed by atoms with Crippen LogP contribution in [0.3, 0.4) is 0 Å². The molecule has 0 radical (unpaired) electrons. The number of hydrogen-bond donors (Lipinski definition) is 1. The van der Waals surface area contributed by atoms with E-state index in [0.29, 0.717) is 44.2 Å². The van der Waals surface area contributed by atoms with Crippen LogP contribution in [0.4, 0.5) is 0 Å². The summed E-state index contributed by atoms with van der Waals surface area (Å²) in [6.45, 7) is 2.05. The molecule has 2 aromatic rings. The number of rotatable bonds is 11. The van der Waals surface area contributed by atoms with Crippen molar-refractivity contribution in [2.45, 2.75) is 51.7 Å². The van der Waals surface area contributed by atoms with Crippen LogP contribution in [0.25, 0.3) is 0 Å². The Morgan fingerprint density at radius 3 is 2.53 bits per heavy atom. The third-order valence-electron chi connectivity index (χ3n) is 5.83. The van der Waals surface area contributed by atoms with Crippen molar-refractivity contribution in [2.75, 3.05) is 20.2 Å². The van der Waals surface area contributed by atoms with Gasteiger partial charge < -0.3 is 20.1 Å². The van der Waals surface area contributed by atoms with Gasteiger partial charge in [-0.05, 0) is 35.6 Å². The average Bonchev–Trinajstić information content (AvgIpc) is 3.30. The molecule has 162 valence electrons. The van der Waals surface area contributed by atoms with E-state index in [0.717, 1.165) is 23.5 Å². The molecule has 0 unspecified atom stereocenters. The molecular formula is C25H34N2O3. The first-order valence-electron chi connectivity index (χ1n) is 11.0. The van der Waals surface area contributed by atoms with E-state index < -0.39 is 0 Å².